The zero-order valence-electron chi connectivity index (χ0n) is 9.32. The third-order valence-corrected chi connectivity index (χ3v) is 4.45. The van der Waals surface area contributed by atoms with Gasteiger partial charge in [-0.1, -0.05) is 18.6 Å². The van der Waals surface area contributed by atoms with E-state index >= 15 is 0 Å². The van der Waals surface area contributed by atoms with E-state index < -0.39 is 5.79 Å². The molecule has 82 valence electrons. The van der Waals surface area contributed by atoms with Crippen LogP contribution in [0.2, 0.25) is 0 Å². The Hall–Kier alpha value is -0.670. The Morgan fingerprint density at radius 2 is 2.33 bits per heavy atom. The maximum absolute atomic E-state index is 12.3. The number of Topliss-reactive ketones (excluding diaryl/α,β-unsaturated/α-hetero) is 1. The molecule has 0 aromatic heterocycles. The highest BCUT2D eigenvalue weighted by Gasteiger charge is 2.66. The number of rotatable bonds is 1. The molecule has 0 aromatic rings. The van der Waals surface area contributed by atoms with Gasteiger partial charge in [-0.3, -0.25) is 4.79 Å². The Kier molecular flexibility index (Phi) is 1.73. The summed E-state index contributed by atoms with van der Waals surface area (Å²) in [7, 11) is 1.58. The lowest BCUT2D eigenvalue weighted by molar-refractivity contribution is -0.218. The number of ketones is 1. The smallest absolute Gasteiger partial charge is 0.236 e. The zero-order chi connectivity index (χ0) is 10.8. The molecule has 1 saturated heterocycles. The molecule has 2 fully saturated rings. The van der Waals surface area contributed by atoms with Crippen molar-refractivity contribution in [3.05, 3.63) is 11.6 Å². The van der Waals surface area contributed by atoms with Crippen molar-refractivity contribution in [2.75, 3.05) is 13.7 Å². The van der Waals surface area contributed by atoms with Crippen LogP contribution in [0.15, 0.2) is 11.6 Å². The lowest BCUT2D eigenvalue weighted by Gasteiger charge is -2.47. The lowest BCUT2D eigenvalue weighted by Crippen LogP contribution is -2.58. The number of hydrogen-bond donors (Lipinski definition) is 0. The standard InChI is InChI=1S/C12H16O3/c1-6-4-8-7(2)9-5-15-12(14-3,10(6)9)11(8)13/h4,7-10H,5H2,1-3H3. The Morgan fingerprint density at radius 3 is 3.00 bits per heavy atom. The molecule has 15 heavy (non-hydrogen) atoms. The third-order valence-electron chi connectivity index (χ3n) is 4.45. The molecule has 5 atom stereocenters. The maximum atomic E-state index is 12.3. The number of hydrogen-bond acceptors (Lipinski definition) is 3. The van der Waals surface area contributed by atoms with Crippen LogP contribution in [0.1, 0.15) is 13.8 Å². The van der Waals surface area contributed by atoms with Gasteiger partial charge < -0.3 is 9.47 Å². The van der Waals surface area contributed by atoms with Crippen molar-refractivity contribution in [2.24, 2.45) is 23.7 Å². The average Bonchev–Trinajstić information content (AvgIpc) is 2.60. The molecule has 4 bridgehead atoms. The van der Waals surface area contributed by atoms with E-state index in [0.29, 0.717) is 18.4 Å². The summed E-state index contributed by atoms with van der Waals surface area (Å²) in [5.41, 5.74) is 1.27. The van der Waals surface area contributed by atoms with Gasteiger partial charge in [-0.15, -0.1) is 0 Å². The minimum absolute atomic E-state index is 0.00227. The summed E-state index contributed by atoms with van der Waals surface area (Å²) in [6.07, 6.45) is 2.11. The average molecular weight is 208 g/mol. The first-order chi connectivity index (χ1) is 7.12. The van der Waals surface area contributed by atoms with E-state index in [1.807, 2.05) is 0 Å². The van der Waals surface area contributed by atoms with E-state index in [1.54, 1.807) is 7.11 Å². The van der Waals surface area contributed by atoms with Gasteiger partial charge in [0.05, 0.1) is 6.61 Å². The van der Waals surface area contributed by atoms with Crippen LogP contribution in [0.25, 0.3) is 0 Å². The Balaban J connectivity index is 2.18. The number of carbonyl (C=O) groups excluding carboxylic acids is 1. The predicted octanol–water partition coefficient (Wildman–Crippen LogP) is 1.39. The SMILES string of the molecule is COC12OCC3C(C)C(C=C(C)C31)C2=O. The minimum atomic E-state index is -0.944. The molecule has 0 N–H and O–H groups in total. The molecule has 0 amide bonds. The molecule has 4 aliphatic rings. The molecule has 3 nitrogen and oxygen atoms in total. The fourth-order valence-corrected chi connectivity index (χ4v) is 3.64. The van der Waals surface area contributed by atoms with Crippen LogP contribution in [0.3, 0.4) is 0 Å². The van der Waals surface area contributed by atoms with Crippen molar-refractivity contribution in [3.8, 4) is 0 Å². The summed E-state index contributed by atoms with van der Waals surface area (Å²) in [4.78, 5) is 12.3. The summed E-state index contributed by atoms with van der Waals surface area (Å²) < 4.78 is 11.1. The first kappa shape index (κ1) is 9.55. The van der Waals surface area contributed by atoms with Gasteiger partial charge >= 0.3 is 0 Å². The van der Waals surface area contributed by atoms with Crippen molar-refractivity contribution >= 4 is 5.78 Å². The zero-order valence-corrected chi connectivity index (χ0v) is 9.32. The molecule has 1 heterocycles. The summed E-state index contributed by atoms with van der Waals surface area (Å²) in [6.45, 7) is 4.90. The Bertz CT molecular complexity index is 360. The van der Waals surface area contributed by atoms with E-state index in [0.717, 1.165) is 0 Å². The van der Waals surface area contributed by atoms with E-state index in [1.165, 1.54) is 5.57 Å². The molecule has 0 radical (unpaired) electrons. The molecule has 0 aromatic carbocycles. The van der Waals surface area contributed by atoms with Crippen LogP contribution < -0.4 is 0 Å². The topological polar surface area (TPSA) is 35.5 Å². The van der Waals surface area contributed by atoms with E-state index in [2.05, 4.69) is 19.9 Å². The predicted molar refractivity (Wildman–Crippen MR) is 54.1 cm³/mol. The minimum Gasteiger partial charge on any atom is -0.346 e. The number of carbonyl (C=O) groups is 1. The van der Waals surface area contributed by atoms with Crippen LogP contribution in [0.4, 0.5) is 0 Å². The van der Waals surface area contributed by atoms with Crippen LogP contribution in [0, 0.1) is 23.7 Å². The largest absolute Gasteiger partial charge is 0.346 e. The lowest BCUT2D eigenvalue weighted by atomic mass is 9.58. The Morgan fingerprint density at radius 1 is 1.60 bits per heavy atom. The van der Waals surface area contributed by atoms with E-state index in [9.17, 15) is 4.79 Å². The van der Waals surface area contributed by atoms with Gasteiger partial charge in [-0.2, -0.15) is 0 Å². The molecular formula is C12H16O3. The van der Waals surface area contributed by atoms with Gasteiger partial charge in [0.2, 0.25) is 5.79 Å². The van der Waals surface area contributed by atoms with Gasteiger partial charge in [0.1, 0.15) is 0 Å². The molecule has 1 aliphatic heterocycles. The number of allylic oxidation sites excluding steroid dienone is 1. The second-order valence-electron chi connectivity index (χ2n) is 4.98. The molecule has 1 saturated carbocycles. The first-order valence-electron chi connectivity index (χ1n) is 5.53. The molecule has 3 aliphatic carbocycles. The highest BCUT2D eigenvalue weighted by molar-refractivity contribution is 5.93. The van der Waals surface area contributed by atoms with Gasteiger partial charge in [0.25, 0.3) is 0 Å². The van der Waals surface area contributed by atoms with Gasteiger partial charge in [0, 0.05) is 18.9 Å². The quantitative estimate of drug-likeness (QED) is 0.611. The second kappa shape index (κ2) is 2.71. The van der Waals surface area contributed by atoms with Crippen LogP contribution in [-0.2, 0) is 14.3 Å². The van der Waals surface area contributed by atoms with Crippen LogP contribution in [-0.4, -0.2) is 25.3 Å². The van der Waals surface area contributed by atoms with Gasteiger partial charge in [0.15, 0.2) is 5.78 Å². The molecular weight excluding hydrogens is 192 g/mol. The van der Waals surface area contributed by atoms with Crippen molar-refractivity contribution in [3.63, 3.8) is 0 Å². The van der Waals surface area contributed by atoms with Crippen LogP contribution in [0.5, 0.6) is 0 Å². The van der Waals surface area contributed by atoms with Crippen molar-refractivity contribution < 1.29 is 14.3 Å². The number of ether oxygens (including phenoxy) is 2. The monoisotopic (exact) mass is 208 g/mol. The third kappa shape index (κ3) is 0.871. The van der Waals surface area contributed by atoms with Gasteiger partial charge in [-0.05, 0) is 18.8 Å². The second-order valence-corrected chi connectivity index (χ2v) is 4.98. The fourth-order valence-electron chi connectivity index (χ4n) is 3.64. The first-order valence-corrected chi connectivity index (χ1v) is 5.53. The Labute approximate surface area is 89.4 Å². The van der Waals surface area contributed by atoms with E-state index in [-0.39, 0.29) is 17.6 Å². The normalized spacial score (nSPS) is 52.2. The molecule has 3 heteroatoms. The maximum Gasteiger partial charge on any atom is 0.236 e. The summed E-state index contributed by atoms with van der Waals surface area (Å²) in [5, 5.41) is 0. The highest BCUT2D eigenvalue weighted by atomic mass is 16.7. The summed E-state index contributed by atoms with van der Waals surface area (Å²) in [6, 6.07) is 0. The molecule has 4 rings (SSSR count). The van der Waals surface area contributed by atoms with Crippen molar-refractivity contribution in [1.29, 1.82) is 0 Å². The van der Waals surface area contributed by atoms with Crippen molar-refractivity contribution in [2.45, 2.75) is 19.6 Å². The van der Waals surface area contributed by atoms with Crippen LogP contribution >= 0.6 is 0 Å². The molecule has 0 spiro atoms. The van der Waals surface area contributed by atoms with Crippen molar-refractivity contribution in [1.82, 2.24) is 0 Å². The fraction of sp³-hybridized carbons (Fsp3) is 0.750. The molecule has 5 unspecified atom stereocenters. The summed E-state index contributed by atoms with van der Waals surface area (Å²) >= 11 is 0. The highest BCUT2D eigenvalue weighted by Crippen LogP contribution is 2.56. The summed E-state index contributed by atoms with van der Waals surface area (Å²) in [5.74, 6) is 0.189. The van der Waals surface area contributed by atoms with E-state index in [4.69, 9.17) is 9.47 Å². The number of methoxy groups -OCH3 is 1. The van der Waals surface area contributed by atoms with Gasteiger partial charge in [-0.25, -0.2) is 0 Å².